The number of nitrogens with zero attached hydrogens (tertiary/aromatic N) is 2. The number of rotatable bonds is 5. The molecule has 2 aromatic carbocycles. The standard InChI is InChI=1S/C25H29N3O3S/c1-4-32(30,31)22-8-6-21(7-9-22)28-13-11-20(12-14-28)27-25(29)23-16-19-15-17(2)5-10-24(19)26-18(23)3/h5-10,15-16,20H,4,11-14H2,1-3H3,(H,27,29). The van der Waals surface area contributed by atoms with Crippen LogP contribution in [0.1, 0.15) is 41.4 Å². The summed E-state index contributed by atoms with van der Waals surface area (Å²) in [6.45, 7) is 7.17. The maximum atomic E-state index is 13.0. The van der Waals surface area contributed by atoms with E-state index in [-0.39, 0.29) is 17.7 Å². The Morgan fingerprint density at radius 2 is 1.75 bits per heavy atom. The SMILES string of the molecule is CCS(=O)(=O)c1ccc(N2CCC(NC(=O)c3cc4cc(C)ccc4nc3C)CC2)cc1. The van der Waals surface area contributed by atoms with E-state index in [1.807, 2.05) is 50.2 Å². The lowest BCUT2D eigenvalue weighted by Gasteiger charge is -2.34. The molecule has 168 valence electrons. The number of pyridine rings is 1. The number of carbonyl (C=O) groups excluding carboxylic acids is 1. The third-order valence-corrected chi connectivity index (χ3v) is 7.93. The Kier molecular flexibility index (Phi) is 6.20. The number of aromatic nitrogens is 1. The van der Waals surface area contributed by atoms with Crippen LogP contribution in [0.5, 0.6) is 0 Å². The van der Waals surface area contributed by atoms with Crippen molar-refractivity contribution in [1.82, 2.24) is 10.3 Å². The Hall–Kier alpha value is -2.93. The van der Waals surface area contributed by atoms with Gasteiger partial charge in [-0.3, -0.25) is 9.78 Å². The summed E-state index contributed by atoms with van der Waals surface area (Å²) in [6.07, 6.45) is 1.67. The molecule has 0 saturated carbocycles. The summed E-state index contributed by atoms with van der Waals surface area (Å²) in [6, 6.07) is 15.2. The average Bonchev–Trinajstić information content (AvgIpc) is 2.79. The summed E-state index contributed by atoms with van der Waals surface area (Å²) in [7, 11) is -3.19. The molecule has 1 aliphatic rings. The number of sulfone groups is 1. The number of fused-ring (bicyclic) bond motifs is 1. The molecule has 32 heavy (non-hydrogen) atoms. The van der Waals surface area contributed by atoms with Gasteiger partial charge < -0.3 is 10.2 Å². The van der Waals surface area contributed by atoms with E-state index >= 15 is 0 Å². The van der Waals surface area contributed by atoms with Crippen LogP contribution in [-0.4, -0.2) is 44.2 Å². The summed E-state index contributed by atoms with van der Waals surface area (Å²) in [5.74, 6) is 0.0226. The number of benzene rings is 2. The zero-order valence-electron chi connectivity index (χ0n) is 18.8. The molecule has 0 unspecified atom stereocenters. The number of anilines is 1. The van der Waals surface area contributed by atoms with Crippen molar-refractivity contribution >= 4 is 32.3 Å². The number of hydrogen-bond acceptors (Lipinski definition) is 5. The molecule has 1 saturated heterocycles. The van der Waals surface area contributed by atoms with Gasteiger partial charge in [0.05, 0.1) is 27.4 Å². The van der Waals surface area contributed by atoms with Gasteiger partial charge in [0.15, 0.2) is 9.84 Å². The molecule has 1 N–H and O–H groups in total. The first-order valence-corrected chi connectivity index (χ1v) is 12.7. The highest BCUT2D eigenvalue weighted by Gasteiger charge is 2.23. The van der Waals surface area contributed by atoms with Crippen molar-refractivity contribution in [2.24, 2.45) is 0 Å². The normalized spacial score (nSPS) is 15.2. The molecule has 7 heteroatoms. The molecule has 0 atom stereocenters. The van der Waals surface area contributed by atoms with E-state index in [2.05, 4.69) is 15.2 Å². The Morgan fingerprint density at radius 3 is 2.41 bits per heavy atom. The zero-order chi connectivity index (χ0) is 22.9. The molecule has 1 aliphatic heterocycles. The van der Waals surface area contributed by atoms with Crippen LogP contribution in [0.15, 0.2) is 53.4 Å². The highest BCUT2D eigenvalue weighted by Crippen LogP contribution is 2.23. The van der Waals surface area contributed by atoms with Gasteiger partial charge in [-0.1, -0.05) is 18.6 Å². The van der Waals surface area contributed by atoms with E-state index < -0.39 is 9.84 Å². The maximum absolute atomic E-state index is 13.0. The second kappa shape index (κ2) is 8.90. The van der Waals surface area contributed by atoms with Crippen LogP contribution in [0.3, 0.4) is 0 Å². The van der Waals surface area contributed by atoms with E-state index in [1.54, 1.807) is 19.1 Å². The van der Waals surface area contributed by atoms with Crippen LogP contribution in [-0.2, 0) is 9.84 Å². The highest BCUT2D eigenvalue weighted by atomic mass is 32.2. The number of piperidine rings is 1. The van der Waals surface area contributed by atoms with Gasteiger partial charge in [0.1, 0.15) is 0 Å². The molecule has 2 heterocycles. The largest absolute Gasteiger partial charge is 0.371 e. The van der Waals surface area contributed by atoms with Crippen molar-refractivity contribution in [2.45, 2.75) is 44.6 Å². The summed E-state index contributed by atoms with van der Waals surface area (Å²) in [5.41, 5.74) is 4.41. The predicted molar refractivity (Wildman–Crippen MR) is 128 cm³/mol. The van der Waals surface area contributed by atoms with Crippen LogP contribution < -0.4 is 10.2 Å². The average molecular weight is 452 g/mol. The van der Waals surface area contributed by atoms with Gasteiger partial charge in [0.25, 0.3) is 5.91 Å². The third kappa shape index (κ3) is 4.63. The molecule has 1 fully saturated rings. The number of amides is 1. The van der Waals surface area contributed by atoms with Crippen LogP contribution in [0.4, 0.5) is 5.69 Å². The van der Waals surface area contributed by atoms with Gasteiger partial charge >= 0.3 is 0 Å². The number of hydrogen-bond donors (Lipinski definition) is 1. The fraction of sp³-hybridized carbons (Fsp3) is 0.360. The maximum Gasteiger partial charge on any atom is 0.253 e. The molecule has 6 nitrogen and oxygen atoms in total. The fourth-order valence-corrected chi connectivity index (χ4v) is 5.08. The lowest BCUT2D eigenvalue weighted by atomic mass is 10.0. The van der Waals surface area contributed by atoms with Crippen molar-refractivity contribution in [2.75, 3.05) is 23.7 Å². The van der Waals surface area contributed by atoms with Crippen LogP contribution >= 0.6 is 0 Å². The molecule has 1 aromatic heterocycles. The topological polar surface area (TPSA) is 79.4 Å². The highest BCUT2D eigenvalue weighted by molar-refractivity contribution is 7.91. The molecule has 0 bridgehead atoms. The number of aryl methyl sites for hydroxylation is 2. The van der Waals surface area contributed by atoms with Crippen molar-refractivity contribution in [3.05, 3.63) is 65.4 Å². The number of carbonyl (C=O) groups is 1. The Labute approximate surface area is 189 Å². The van der Waals surface area contributed by atoms with Gasteiger partial charge in [0, 0.05) is 30.2 Å². The summed E-state index contributed by atoms with van der Waals surface area (Å²) < 4.78 is 24.0. The van der Waals surface area contributed by atoms with E-state index in [0.29, 0.717) is 10.5 Å². The third-order valence-electron chi connectivity index (χ3n) is 6.18. The quantitative estimate of drug-likeness (QED) is 0.633. The van der Waals surface area contributed by atoms with Gasteiger partial charge in [-0.2, -0.15) is 0 Å². The van der Waals surface area contributed by atoms with E-state index in [9.17, 15) is 13.2 Å². The monoisotopic (exact) mass is 451 g/mol. The lowest BCUT2D eigenvalue weighted by Crippen LogP contribution is -2.44. The lowest BCUT2D eigenvalue weighted by molar-refractivity contribution is 0.0930. The Morgan fingerprint density at radius 1 is 1.06 bits per heavy atom. The number of nitrogens with one attached hydrogen (secondary N) is 1. The molecule has 3 aromatic rings. The van der Waals surface area contributed by atoms with Crippen LogP contribution in [0, 0.1) is 13.8 Å². The molecule has 0 spiro atoms. The smallest absolute Gasteiger partial charge is 0.253 e. The second-order valence-electron chi connectivity index (χ2n) is 8.45. The van der Waals surface area contributed by atoms with Crippen molar-refractivity contribution in [1.29, 1.82) is 0 Å². The van der Waals surface area contributed by atoms with Gasteiger partial charge in [0.2, 0.25) is 0 Å². The predicted octanol–water partition coefficient (Wildman–Crippen LogP) is 4.04. The van der Waals surface area contributed by atoms with Gasteiger partial charge in [-0.05, 0) is 69.2 Å². The van der Waals surface area contributed by atoms with Gasteiger partial charge in [-0.25, -0.2) is 8.42 Å². The summed E-state index contributed by atoms with van der Waals surface area (Å²) >= 11 is 0. The van der Waals surface area contributed by atoms with Crippen LogP contribution in [0.25, 0.3) is 10.9 Å². The molecule has 1 amide bonds. The summed E-state index contributed by atoms with van der Waals surface area (Å²) in [5, 5.41) is 4.16. The zero-order valence-corrected chi connectivity index (χ0v) is 19.6. The minimum absolute atomic E-state index is 0.0778. The minimum Gasteiger partial charge on any atom is -0.371 e. The molecule has 0 radical (unpaired) electrons. The van der Waals surface area contributed by atoms with Crippen molar-refractivity contribution < 1.29 is 13.2 Å². The van der Waals surface area contributed by atoms with E-state index in [1.165, 1.54) is 0 Å². The second-order valence-corrected chi connectivity index (χ2v) is 10.7. The summed E-state index contributed by atoms with van der Waals surface area (Å²) in [4.78, 5) is 20.1. The van der Waals surface area contributed by atoms with E-state index in [0.717, 1.165) is 53.8 Å². The van der Waals surface area contributed by atoms with Crippen molar-refractivity contribution in [3.63, 3.8) is 0 Å². The molecular weight excluding hydrogens is 422 g/mol. The first kappa shape index (κ1) is 22.3. The van der Waals surface area contributed by atoms with Gasteiger partial charge in [-0.15, -0.1) is 0 Å². The fourth-order valence-electron chi connectivity index (χ4n) is 4.20. The minimum atomic E-state index is -3.19. The van der Waals surface area contributed by atoms with Crippen molar-refractivity contribution in [3.8, 4) is 0 Å². The first-order chi connectivity index (χ1) is 15.3. The Bertz CT molecular complexity index is 1250. The van der Waals surface area contributed by atoms with E-state index in [4.69, 9.17) is 0 Å². The molecule has 4 rings (SSSR count). The first-order valence-electron chi connectivity index (χ1n) is 11.0. The molecule has 0 aliphatic carbocycles. The Balaban J connectivity index is 1.39. The molecular formula is C25H29N3O3S. The van der Waals surface area contributed by atoms with Crippen LogP contribution in [0.2, 0.25) is 0 Å².